The molecule has 152 valence electrons. The largest absolute Gasteiger partial charge is 0.345 e. The Morgan fingerprint density at radius 1 is 1.17 bits per heavy atom. The molecule has 0 saturated carbocycles. The van der Waals surface area contributed by atoms with E-state index in [9.17, 15) is 13.2 Å². The fraction of sp³-hybridized carbons (Fsp3) is 0.200. The number of imidazole rings is 1. The van der Waals surface area contributed by atoms with Crippen LogP contribution in [0.3, 0.4) is 0 Å². The van der Waals surface area contributed by atoms with E-state index < -0.39 is 15.9 Å². The molecule has 0 spiro atoms. The van der Waals surface area contributed by atoms with E-state index >= 15 is 0 Å². The Kier molecular flexibility index (Phi) is 6.36. The molecule has 0 unspecified atom stereocenters. The van der Waals surface area contributed by atoms with Crippen molar-refractivity contribution in [3.05, 3.63) is 65.4 Å². The van der Waals surface area contributed by atoms with Crippen LogP contribution in [0.1, 0.15) is 24.2 Å². The van der Waals surface area contributed by atoms with Gasteiger partial charge in [-0.15, -0.1) is 0 Å². The number of halogens is 1. The molecule has 7 nitrogen and oxygen atoms in total. The third-order valence-electron chi connectivity index (χ3n) is 4.42. The van der Waals surface area contributed by atoms with Crippen LogP contribution < -0.4 is 5.32 Å². The Labute approximate surface area is 174 Å². The zero-order valence-corrected chi connectivity index (χ0v) is 17.6. The van der Waals surface area contributed by atoms with Gasteiger partial charge in [-0.2, -0.15) is 4.31 Å². The molecule has 3 aromatic rings. The van der Waals surface area contributed by atoms with E-state index in [4.69, 9.17) is 11.6 Å². The quantitative estimate of drug-likeness (QED) is 0.589. The Balaban J connectivity index is 1.89. The number of nitrogens with zero attached hydrogens (tertiary/aromatic N) is 2. The molecule has 2 aromatic carbocycles. The highest BCUT2D eigenvalue weighted by Gasteiger charge is 2.24. The molecule has 1 amide bonds. The standard InChI is InChI=1S/C20H21ClN4O3S/c1-3-25(4-2)29(27,28)16-8-9-18(21)17(13-16)20(26)24-15-7-5-6-14(12-15)19-22-10-11-23-19/h5-13H,3-4H2,1-2H3,(H,22,23)(H,24,26). The van der Waals surface area contributed by atoms with Crippen molar-refractivity contribution in [2.75, 3.05) is 18.4 Å². The third-order valence-corrected chi connectivity index (χ3v) is 6.79. The number of rotatable bonds is 7. The zero-order chi connectivity index (χ0) is 21.0. The lowest BCUT2D eigenvalue weighted by molar-refractivity contribution is 0.102. The molecule has 1 aromatic heterocycles. The van der Waals surface area contributed by atoms with Crippen molar-refractivity contribution in [1.82, 2.24) is 14.3 Å². The minimum absolute atomic E-state index is 0.0279. The number of amides is 1. The second-order valence-corrected chi connectivity index (χ2v) is 8.55. The first-order valence-electron chi connectivity index (χ1n) is 9.07. The van der Waals surface area contributed by atoms with Gasteiger partial charge in [0.25, 0.3) is 5.91 Å². The number of anilines is 1. The van der Waals surface area contributed by atoms with Crippen LogP contribution in [0.5, 0.6) is 0 Å². The average Bonchev–Trinajstić information content (AvgIpc) is 3.24. The van der Waals surface area contributed by atoms with Gasteiger partial charge in [0.15, 0.2) is 0 Å². The van der Waals surface area contributed by atoms with E-state index in [1.165, 1.54) is 22.5 Å². The van der Waals surface area contributed by atoms with E-state index in [1.807, 2.05) is 6.07 Å². The topological polar surface area (TPSA) is 95.2 Å². The summed E-state index contributed by atoms with van der Waals surface area (Å²) >= 11 is 6.18. The summed E-state index contributed by atoms with van der Waals surface area (Å²) in [5, 5.41) is 2.93. The van der Waals surface area contributed by atoms with Crippen molar-refractivity contribution in [3.63, 3.8) is 0 Å². The van der Waals surface area contributed by atoms with Crippen LogP contribution in [0.2, 0.25) is 5.02 Å². The molecule has 29 heavy (non-hydrogen) atoms. The summed E-state index contributed by atoms with van der Waals surface area (Å²) in [6.07, 6.45) is 3.35. The van der Waals surface area contributed by atoms with Crippen molar-refractivity contribution in [3.8, 4) is 11.4 Å². The summed E-state index contributed by atoms with van der Waals surface area (Å²) in [7, 11) is -3.70. The Morgan fingerprint density at radius 2 is 1.93 bits per heavy atom. The molecular weight excluding hydrogens is 412 g/mol. The van der Waals surface area contributed by atoms with Crippen LogP contribution in [0.4, 0.5) is 5.69 Å². The summed E-state index contributed by atoms with van der Waals surface area (Å²) in [5.41, 5.74) is 1.43. The van der Waals surface area contributed by atoms with Crippen LogP contribution in [0.25, 0.3) is 11.4 Å². The monoisotopic (exact) mass is 432 g/mol. The normalized spacial score (nSPS) is 11.6. The van der Waals surface area contributed by atoms with Crippen LogP contribution in [-0.2, 0) is 10.0 Å². The van der Waals surface area contributed by atoms with Gasteiger partial charge >= 0.3 is 0 Å². The lowest BCUT2D eigenvalue weighted by Crippen LogP contribution is -2.30. The molecule has 9 heteroatoms. The van der Waals surface area contributed by atoms with Crippen molar-refractivity contribution in [1.29, 1.82) is 0 Å². The number of aromatic amines is 1. The fourth-order valence-corrected chi connectivity index (χ4v) is 4.61. The number of hydrogen-bond donors (Lipinski definition) is 2. The number of sulfonamides is 1. The number of benzene rings is 2. The number of nitrogens with one attached hydrogen (secondary N) is 2. The van der Waals surface area contributed by atoms with E-state index in [0.29, 0.717) is 24.6 Å². The van der Waals surface area contributed by atoms with Crippen molar-refractivity contribution >= 4 is 33.2 Å². The summed E-state index contributed by atoms with van der Waals surface area (Å²) in [5.74, 6) is 0.176. The lowest BCUT2D eigenvalue weighted by atomic mass is 10.1. The third kappa shape index (κ3) is 4.50. The molecule has 0 atom stereocenters. The molecule has 0 aliphatic carbocycles. The van der Waals surface area contributed by atoms with E-state index in [2.05, 4.69) is 15.3 Å². The number of carbonyl (C=O) groups excluding carboxylic acids is 1. The predicted octanol–water partition coefficient (Wildman–Crippen LogP) is 4.01. The molecule has 2 N–H and O–H groups in total. The molecule has 0 radical (unpaired) electrons. The molecule has 1 heterocycles. The number of H-pyrrole nitrogens is 1. The van der Waals surface area contributed by atoms with Gasteiger partial charge in [-0.1, -0.05) is 37.6 Å². The first kappa shape index (κ1) is 21.0. The SMILES string of the molecule is CCN(CC)S(=O)(=O)c1ccc(Cl)c(C(=O)Nc2cccc(-c3ncc[nH]3)c2)c1. The van der Waals surface area contributed by atoms with Gasteiger partial charge in [0.2, 0.25) is 10.0 Å². The highest BCUT2D eigenvalue weighted by Crippen LogP contribution is 2.25. The Hall–Kier alpha value is -2.68. The molecule has 0 aliphatic heterocycles. The summed E-state index contributed by atoms with van der Waals surface area (Å²) < 4.78 is 26.8. The average molecular weight is 433 g/mol. The Morgan fingerprint density at radius 3 is 2.59 bits per heavy atom. The molecular formula is C20H21ClN4O3S. The number of aromatic nitrogens is 2. The van der Waals surface area contributed by atoms with Crippen LogP contribution in [-0.4, -0.2) is 41.7 Å². The molecule has 0 fully saturated rings. The van der Waals surface area contributed by atoms with Gasteiger partial charge < -0.3 is 10.3 Å². The fourth-order valence-electron chi connectivity index (χ4n) is 2.92. The minimum atomic E-state index is -3.70. The minimum Gasteiger partial charge on any atom is -0.345 e. The summed E-state index contributed by atoms with van der Waals surface area (Å²) in [6, 6.07) is 11.3. The second-order valence-electron chi connectivity index (χ2n) is 6.20. The van der Waals surface area contributed by atoms with Crippen molar-refractivity contribution in [2.24, 2.45) is 0 Å². The van der Waals surface area contributed by atoms with Gasteiger partial charge in [-0.3, -0.25) is 4.79 Å². The Bertz CT molecular complexity index is 1110. The lowest BCUT2D eigenvalue weighted by Gasteiger charge is -2.19. The maximum Gasteiger partial charge on any atom is 0.257 e. The number of carbonyl (C=O) groups is 1. The highest BCUT2D eigenvalue weighted by atomic mass is 35.5. The molecule has 0 bridgehead atoms. The van der Waals surface area contributed by atoms with Gasteiger partial charge in [0.05, 0.1) is 15.5 Å². The first-order chi connectivity index (χ1) is 13.9. The maximum absolute atomic E-state index is 12.8. The van der Waals surface area contributed by atoms with Gasteiger partial charge in [0, 0.05) is 36.7 Å². The van der Waals surface area contributed by atoms with Crippen LogP contribution in [0, 0.1) is 0 Å². The summed E-state index contributed by atoms with van der Waals surface area (Å²) in [4.78, 5) is 20.0. The highest BCUT2D eigenvalue weighted by molar-refractivity contribution is 7.89. The molecule has 0 saturated heterocycles. The van der Waals surface area contributed by atoms with Crippen molar-refractivity contribution < 1.29 is 13.2 Å². The smallest absolute Gasteiger partial charge is 0.257 e. The molecule has 0 aliphatic rings. The first-order valence-corrected chi connectivity index (χ1v) is 10.9. The predicted molar refractivity (Wildman–Crippen MR) is 114 cm³/mol. The van der Waals surface area contributed by atoms with E-state index in [1.54, 1.807) is 44.4 Å². The summed E-state index contributed by atoms with van der Waals surface area (Å²) in [6.45, 7) is 4.19. The second kappa shape index (κ2) is 8.77. The van der Waals surface area contributed by atoms with Crippen LogP contribution >= 0.6 is 11.6 Å². The van der Waals surface area contributed by atoms with Gasteiger partial charge in [-0.25, -0.2) is 13.4 Å². The van der Waals surface area contributed by atoms with E-state index in [0.717, 1.165) is 5.56 Å². The molecule has 3 rings (SSSR count). The van der Waals surface area contributed by atoms with Crippen molar-refractivity contribution in [2.45, 2.75) is 18.7 Å². The zero-order valence-electron chi connectivity index (χ0n) is 16.0. The van der Waals surface area contributed by atoms with Crippen LogP contribution in [0.15, 0.2) is 59.8 Å². The maximum atomic E-state index is 12.8. The van der Waals surface area contributed by atoms with Gasteiger partial charge in [0.1, 0.15) is 5.82 Å². The van der Waals surface area contributed by atoms with Gasteiger partial charge in [-0.05, 0) is 30.3 Å². The number of hydrogen-bond acceptors (Lipinski definition) is 4. The van der Waals surface area contributed by atoms with E-state index in [-0.39, 0.29) is 15.5 Å².